The van der Waals surface area contributed by atoms with Crippen molar-refractivity contribution in [1.82, 2.24) is 0 Å². The molecule has 2 aliphatic heterocycles. The van der Waals surface area contributed by atoms with Crippen LogP contribution in [0.2, 0.25) is 0 Å². The second-order valence-electron chi connectivity index (χ2n) is 8.87. The van der Waals surface area contributed by atoms with Crippen LogP contribution in [0.15, 0.2) is 81.5 Å². The number of fused-ring (bicyclic) bond motifs is 2. The molecule has 1 atom stereocenters. The summed E-state index contributed by atoms with van der Waals surface area (Å²) in [5.41, 5.74) is 5.43. The molecule has 6 nitrogen and oxygen atoms in total. The minimum absolute atomic E-state index is 0. The van der Waals surface area contributed by atoms with Crippen molar-refractivity contribution < 1.29 is 14.2 Å². The summed E-state index contributed by atoms with van der Waals surface area (Å²) in [6.07, 6.45) is 0.735. The van der Waals surface area contributed by atoms with Crippen LogP contribution in [0.5, 0.6) is 17.2 Å². The summed E-state index contributed by atoms with van der Waals surface area (Å²) in [7, 11) is 0. The van der Waals surface area contributed by atoms with E-state index >= 15 is 0 Å². The Morgan fingerprint density at radius 1 is 1.03 bits per heavy atom. The highest BCUT2D eigenvalue weighted by Crippen LogP contribution is 2.44. The van der Waals surface area contributed by atoms with Gasteiger partial charge in [-0.2, -0.15) is 18.6 Å². The molecule has 1 aromatic heterocycles. The fourth-order valence-electron chi connectivity index (χ4n) is 4.63. The molecule has 0 saturated carbocycles. The lowest BCUT2D eigenvalue weighted by molar-refractivity contribution is 0.172. The molecule has 0 unspecified atom stereocenters. The van der Waals surface area contributed by atoms with Crippen LogP contribution in [-0.2, 0) is 6.61 Å². The van der Waals surface area contributed by atoms with E-state index in [0.717, 1.165) is 51.6 Å². The molecule has 38 heavy (non-hydrogen) atoms. The first-order valence-corrected chi connectivity index (χ1v) is 13.1. The van der Waals surface area contributed by atoms with Crippen molar-refractivity contribution in [3.05, 3.63) is 77.2 Å². The van der Waals surface area contributed by atoms with Crippen LogP contribution in [0, 0.1) is 11.8 Å². The van der Waals surface area contributed by atoms with Crippen molar-refractivity contribution in [2.24, 2.45) is 15.4 Å². The molecule has 3 heterocycles. The summed E-state index contributed by atoms with van der Waals surface area (Å²) in [6, 6.07) is 20.7. The van der Waals surface area contributed by atoms with Gasteiger partial charge in [-0.15, -0.1) is 22.4 Å². The zero-order chi connectivity index (χ0) is 25.0. The maximum Gasteiger partial charge on any atom is 0.169 e. The number of nitrogens with zero attached hydrogens (tertiary/aromatic N) is 3. The zero-order valence-electron chi connectivity index (χ0n) is 20.9. The van der Waals surface area contributed by atoms with Crippen molar-refractivity contribution in [2.45, 2.75) is 25.9 Å². The third-order valence-corrected chi connectivity index (χ3v) is 7.41. The highest BCUT2D eigenvalue weighted by Gasteiger charge is 2.19. The topological polar surface area (TPSA) is 64.8 Å². The number of para-hydroxylation sites is 1. The number of hydrogen-bond acceptors (Lipinski definition) is 7. The van der Waals surface area contributed by atoms with Crippen LogP contribution in [0.25, 0.3) is 21.2 Å². The van der Waals surface area contributed by atoms with Crippen molar-refractivity contribution in [2.75, 3.05) is 19.8 Å². The van der Waals surface area contributed by atoms with Gasteiger partial charge in [-0.25, -0.2) is 0 Å². The Labute approximate surface area is 232 Å². The minimum atomic E-state index is 0. The van der Waals surface area contributed by atoms with E-state index in [-0.39, 0.29) is 19.4 Å². The SMILES string of the molecule is CC#C[C@@H](CC1=NN=NC1)c1ccc(OCc2ccc3scc(-c4cccc5c4OCCO5)c3c2)cc1.S. The smallest absolute Gasteiger partial charge is 0.169 e. The van der Waals surface area contributed by atoms with Gasteiger partial charge >= 0.3 is 0 Å². The van der Waals surface area contributed by atoms with Gasteiger partial charge in [0, 0.05) is 27.6 Å². The maximum atomic E-state index is 6.15. The normalized spacial score (nSPS) is 14.3. The Morgan fingerprint density at radius 2 is 1.89 bits per heavy atom. The summed E-state index contributed by atoms with van der Waals surface area (Å²) >= 11 is 1.73. The molecule has 3 aromatic carbocycles. The molecule has 192 valence electrons. The molecular formula is C30H27N3O3S2. The average molecular weight is 542 g/mol. The molecule has 6 rings (SSSR count). The molecule has 0 bridgehead atoms. The fourth-order valence-corrected chi connectivity index (χ4v) is 5.57. The van der Waals surface area contributed by atoms with E-state index in [1.807, 2.05) is 31.2 Å². The molecule has 4 aromatic rings. The van der Waals surface area contributed by atoms with Gasteiger partial charge in [-0.3, -0.25) is 0 Å². The van der Waals surface area contributed by atoms with Gasteiger partial charge in [0.15, 0.2) is 11.5 Å². The lowest BCUT2D eigenvalue weighted by atomic mass is 9.94. The summed E-state index contributed by atoms with van der Waals surface area (Å²) in [5.74, 6) is 8.84. The quantitative estimate of drug-likeness (QED) is 0.230. The first-order chi connectivity index (χ1) is 18.3. The Bertz CT molecular complexity index is 1570. The number of rotatable bonds is 7. The van der Waals surface area contributed by atoms with Gasteiger partial charge in [0.1, 0.15) is 32.1 Å². The van der Waals surface area contributed by atoms with Gasteiger partial charge in [0.05, 0.1) is 11.6 Å². The predicted octanol–water partition coefficient (Wildman–Crippen LogP) is 7.35. The van der Waals surface area contributed by atoms with Crippen LogP contribution in [-0.4, -0.2) is 25.5 Å². The van der Waals surface area contributed by atoms with Crippen molar-refractivity contribution in [3.63, 3.8) is 0 Å². The van der Waals surface area contributed by atoms with E-state index in [9.17, 15) is 0 Å². The molecule has 0 aliphatic carbocycles. The van der Waals surface area contributed by atoms with Crippen LogP contribution in [0.4, 0.5) is 0 Å². The van der Waals surface area contributed by atoms with E-state index < -0.39 is 0 Å². The van der Waals surface area contributed by atoms with Gasteiger partial charge < -0.3 is 14.2 Å². The third kappa shape index (κ3) is 5.40. The molecule has 8 heteroatoms. The fraction of sp³-hybridized carbons (Fsp3) is 0.233. The molecule has 0 saturated heterocycles. The van der Waals surface area contributed by atoms with E-state index in [0.29, 0.717) is 26.4 Å². The van der Waals surface area contributed by atoms with Crippen molar-refractivity contribution in [3.8, 4) is 40.2 Å². The molecule has 0 N–H and O–H groups in total. The molecule has 2 aliphatic rings. The molecule has 0 spiro atoms. The monoisotopic (exact) mass is 541 g/mol. The third-order valence-electron chi connectivity index (χ3n) is 6.44. The summed E-state index contributed by atoms with van der Waals surface area (Å²) in [6.45, 7) is 4.05. The highest BCUT2D eigenvalue weighted by atomic mass is 32.1. The minimum Gasteiger partial charge on any atom is -0.489 e. The lowest BCUT2D eigenvalue weighted by Crippen LogP contribution is -2.15. The van der Waals surface area contributed by atoms with E-state index in [4.69, 9.17) is 14.2 Å². The predicted molar refractivity (Wildman–Crippen MR) is 157 cm³/mol. The van der Waals surface area contributed by atoms with Gasteiger partial charge in [0.2, 0.25) is 0 Å². The second kappa shape index (κ2) is 11.7. The highest BCUT2D eigenvalue weighted by molar-refractivity contribution is 7.59. The summed E-state index contributed by atoms with van der Waals surface area (Å²) in [5, 5.41) is 15.1. The Morgan fingerprint density at radius 3 is 2.71 bits per heavy atom. The number of ether oxygens (including phenoxy) is 3. The van der Waals surface area contributed by atoms with Gasteiger partial charge in [-0.1, -0.05) is 36.3 Å². The van der Waals surface area contributed by atoms with Crippen LogP contribution in [0.1, 0.15) is 30.4 Å². The molecule has 0 radical (unpaired) electrons. The second-order valence-corrected chi connectivity index (χ2v) is 9.78. The first-order valence-electron chi connectivity index (χ1n) is 12.2. The van der Waals surface area contributed by atoms with Gasteiger partial charge in [0.25, 0.3) is 0 Å². The Kier molecular flexibility index (Phi) is 7.97. The average Bonchev–Trinajstić information content (AvgIpc) is 3.61. The maximum absolute atomic E-state index is 6.15. The zero-order valence-corrected chi connectivity index (χ0v) is 22.8. The molecular weight excluding hydrogens is 514 g/mol. The van der Waals surface area contributed by atoms with Crippen LogP contribution < -0.4 is 14.2 Å². The standard InChI is InChI=1S/C30H25N3O3S.H2S/c1-2-4-22(16-23-17-31-33-32-23)21-8-10-24(11-9-21)36-18-20-7-12-29-26(15-20)27(19-37-29)25-5-3-6-28-30(25)35-14-13-34-28;/h3,5-12,15,19,22H,13-14,16-18H2,1H3;1H2/t22-;/m0./s1. The molecule has 0 fully saturated rings. The van der Waals surface area contributed by atoms with E-state index in [1.165, 1.54) is 10.1 Å². The van der Waals surface area contributed by atoms with E-state index in [2.05, 4.69) is 69.1 Å². The first kappa shape index (κ1) is 25.8. The Hall–Kier alpha value is -3.80. The molecule has 0 amide bonds. The lowest BCUT2D eigenvalue weighted by Gasteiger charge is -2.20. The van der Waals surface area contributed by atoms with E-state index in [1.54, 1.807) is 11.3 Å². The van der Waals surface area contributed by atoms with Crippen LogP contribution >= 0.6 is 24.8 Å². The van der Waals surface area contributed by atoms with Crippen molar-refractivity contribution >= 4 is 40.6 Å². The number of hydrogen-bond donors (Lipinski definition) is 0. The van der Waals surface area contributed by atoms with Crippen LogP contribution in [0.3, 0.4) is 0 Å². The van der Waals surface area contributed by atoms with Crippen molar-refractivity contribution in [1.29, 1.82) is 0 Å². The largest absolute Gasteiger partial charge is 0.489 e. The summed E-state index contributed by atoms with van der Waals surface area (Å²) in [4.78, 5) is 0. The summed E-state index contributed by atoms with van der Waals surface area (Å²) < 4.78 is 19.1. The number of benzene rings is 3. The van der Waals surface area contributed by atoms with Gasteiger partial charge in [-0.05, 0) is 59.0 Å². The Balaban J connectivity index is 0.00000294. The number of thiophene rings is 1.